The number of benzene rings is 3. The van der Waals surface area contributed by atoms with E-state index in [1.54, 1.807) is 12.1 Å². The highest BCUT2D eigenvalue weighted by molar-refractivity contribution is 6.07. The molecule has 3 aromatic carbocycles. The Hall–Kier alpha value is -3.26. The summed E-state index contributed by atoms with van der Waals surface area (Å²) in [5.74, 6) is 0.244. The van der Waals surface area contributed by atoms with Gasteiger partial charge < -0.3 is 21.1 Å². The minimum atomic E-state index is 0. The summed E-state index contributed by atoms with van der Waals surface area (Å²) in [4.78, 5) is 6.85. The fourth-order valence-electron chi connectivity index (χ4n) is 3.56. The number of aromatic hydroxyl groups is 1. The second-order valence-electron chi connectivity index (χ2n) is 8.24. The van der Waals surface area contributed by atoms with Crippen LogP contribution in [0.1, 0.15) is 11.1 Å². The second kappa shape index (κ2) is 10.6. The van der Waals surface area contributed by atoms with E-state index in [1.165, 1.54) is 0 Å². The molecule has 0 spiro atoms. The monoisotopic (exact) mass is 464 g/mol. The van der Waals surface area contributed by atoms with Crippen molar-refractivity contribution >= 4 is 51.3 Å². The van der Waals surface area contributed by atoms with Crippen LogP contribution in [0.2, 0.25) is 0 Å². The smallest absolute Gasteiger partial charge is 0.120 e. The first-order valence-corrected chi connectivity index (χ1v) is 10.6. The summed E-state index contributed by atoms with van der Waals surface area (Å²) in [6, 6.07) is 17.0. The Morgan fingerprint density at radius 1 is 0.939 bits per heavy atom. The molecule has 0 atom stereocenters. The molecule has 4 aromatic rings. The Kier molecular flexibility index (Phi) is 7.81. The highest BCUT2D eigenvalue weighted by Crippen LogP contribution is 2.32. The number of aryl methyl sites for hydroxylation is 1. The lowest BCUT2D eigenvalue weighted by atomic mass is 10.1. The Bertz CT molecular complexity index is 1310. The van der Waals surface area contributed by atoms with Crippen molar-refractivity contribution in [3.63, 3.8) is 0 Å². The molecule has 4 N–H and O–H groups in total. The van der Waals surface area contributed by atoms with Gasteiger partial charge in [-0.2, -0.15) is 10.2 Å². The lowest BCUT2D eigenvalue weighted by molar-refractivity contribution is 0.398. The quantitative estimate of drug-likeness (QED) is 0.191. The molecule has 0 saturated heterocycles. The van der Waals surface area contributed by atoms with E-state index in [-0.39, 0.29) is 18.2 Å². The molecule has 4 rings (SSSR count). The van der Waals surface area contributed by atoms with Gasteiger partial charge in [-0.3, -0.25) is 0 Å². The van der Waals surface area contributed by atoms with Gasteiger partial charge in [0.1, 0.15) is 5.75 Å². The fourth-order valence-corrected chi connectivity index (χ4v) is 3.56. The van der Waals surface area contributed by atoms with Crippen molar-refractivity contribution in [3.8, 4) is 5.75 Å². The van der Waals surface area contributed by atoms with Crippen molar-refractivity contribution in [2.45, 2.75) is 13.5 Å². The number of nitrogens with one attached hydrogen (secondary N) is 1. The summed E-state index contributed by atoms with van der Waals surface area (Å²) in [6.45, 7) is 4.37. The van der Waals surface area contributed by atoms with Crippen LogP contribution in [0.4, 0.5) is 17.1 Å². The molecule has 33 heavy (non-hydrogen) atoms. The lowest BCUT2D eigenvalue weighted by Crippen LogP contribution is -2.26. The van der Waals surface area contributed by atoms with Crippen molar-refractivity contribution in [2.75, 3.05) is 32.9 Å². The molecule has 0 unspecified atom stereocenters. The maximum Gasteiger partial charge on any atom is 0.120 e. The number of rotatable bonds is 7. The summed E-state index contributed by atoms with van der Waals surface area (Å²) in [6.07, 6.45) is 0. The average Bonchev–Trinajstić information content (AvgIpc) is 2.77. The number of nitrogens with zero attached hydrogens (tertiary/aromatic N) is 4. The van der Waals surface area contributed by atoms with E-state index < -0.39 is 0 Å². The average molecular weight is 465 g/mol. The first-order chi connectivity index (χ1) is 15.4. The lowest BCUT2D eigenvalue weighted by Gasteiger charge is -2.11. The number of nitrogens with two attached hydrogens (primary N) is 1. The summed E-state index contributed by atoms with van der Waals surface area (Å²) in [7, 11) is 4.06. The third-order valence-corrected chi connectivity index (χ3v) is 5.35. The molecule has 0 amide bonds. The molecule has 7 nitrogen and oxygen atoms in total. The molecule has 0 aliphatic rings. The normalized spacial score (nSPS) is 11.5. The molecule has 0 aliphatic heterocycles. The van der Waals surface area contributed by atoms with Gasteiger partial charge in [0.15, 0.2) is 0 Å². The van der Waals surface area contributed by atoms with Crippen molar-refractivity contribution in [1.29, 1.82) is 0 Å². The van der Waals surface area contributed by atoms with Crippen molar-refractivity contribution in [2.24, 2.45) is 10.2 Å². The van der Waals surface area contributed by atoms with Crippen LogP contribution in [0, 0.1) is 6.92 Å². The minimum Gasteiger partial charge on any atom is -0.508 e. The Labute approximate surface area is 199 Å². The third kappa shape index (κ3) is 5.76. The van der Waals surface area contributed by atoms with Gasteiger partial charge in [0.25, 0.3) is 0 Å². The highest BCUT2D eigenvalue weighted by Gasteiger charge is 2.08. The van der Waals surface area contributed by atoms with E-state index in [0.29, 0.717) is 17.9 Å². The van der Waals surface area contributed by atoms with Gasteiger partial charge >= 0.3 is 0 Å². The number of hydrogen-bond acceptors (Lipinski definition) is 7. The van der Waals surface area contributed by atoms with Crippen molar-refractivity contribution in [3.05, 3.63) is 65.7 Å². The molecule has 0 radical (unpaired) electrons. The van der Waals surface area contributed by atoms with Gasteiger partial charge in [-0.25, -0.2) is 4.98 Å². The molecule has 0 fully saturated rings. The largest absolute Gasteiger partial charge is 0.508 e. The van der Waals surface area contributed by atoms with Gasteiger partial charge in [0.2, 0.25) is 0 Å². The summed E-state index contributed by atoms with van der Waals surface area (Å²) < 4.78 is 0. The SMILES string of the molecule is Cc1ccc2nc3cc(N=Nc4ccc(O)c(CNCCN(C)C)c4)ccc3c(N)c2c1.Cl. The third-order valence-electron chi connectivity index (χ3n) is 5.35. The molecule has 0 aliphatic carbocycles. The van der Waals surface area contributed by atoms with E-state index in [9.17, 15) is 5.11 Å². The van der Waals surface area contributed by atoms with Crippen LogP contribution >= 0.6 is 12.4 Å². The first-order valence-electron chi connectivity index (χ1n) is 10.6. The second-order valence-corrected chi connectivity index (χ2v) is 8.24. The number of halogens is 1. The van der Waals surface area contributed by atoms with Crippen LogP contribution in [0.15, 0.2) is 64.8 Å². The number of nitrogen functional groups attached to an aromatic ring is 1. The molecule has 1 aromatic heterocycles. The summed E-state index contributed by atoms with van der Waals surface area (Å²) >= 11 is 0. The van der Waals surface area contributed by atoms with Crippen molar-refractivity contribution < 1.29 is 5.11 Å². The number of likely N-dealkylation sites (N-methyl/N-ethyl adjacent to an activating group) is 1. The van der Waals surface area contributed by atoms with Gasteiger partial charge in [-0.05, 0) is 69.6 Å². The number of aromatic nitrogens is 1. The number of azo groups is 1. The van der Waals surface area contributed by atoms with E-state index in [2.05, 4.69) is 26.5 Å². The molecular formula is C25H29ClN6O. The van der Waals surface area contributed by atoms with E-state index in [1.807, 2.05) is 57.4 Å². The summed E-state index contributed by atoms with van der Waals surface area (Å²) in [5.41, 5.74) is 12.1. The number of hydrogen-bond donors (Lipinski definition) is 3. The maximum absolute atomic E-state index is 10.1. The van der Waals surface area contributed by atoms with Gasteiger partial charge in [-0.1, -0.05) is 11.6 Å². The topological polar surface area (TPSA) is 99.1 Å². The number of pyridine rings is 1. The van der Waals surface area contributed by atoms with Crippen LogP contribution in [-0.2, 0) is 6.54 Å². The number of anilines is 1. The van der Waals surface area contributed by atoms with Crippen LogP contribution in [0.3, 0.4) is 0 Å². The van der Waals surface area contributed by atoms with E-state index in [4.69, 9.17) is 10.7 Å². The Morgan fingerprint density at radius 3 is 2.42 bits per heavy atom. The maximum atomic E-state index is 10.1. The molecule has 0 saturated carbocycles. The van der Waals surface area contributed by atoms with E-state index >= 15 is 0 Å². The molecule has 0 bridgehead atoms. The molecule has 8 heteroatoms. The van der Waals surface area contributed by atoms with Crippen molar-refractivity contribution in [1.82, 2.24) is 15.2 Å². The van der Waals surface area contributed by atoms with Crippen LogP contribution in [0.25, 0.3) is 21.8 Å². The first kappa shape index (κ1) is 24.4. The molecule has 1 heterocycles. The van der Waals surface area contributed by atoms with Gasteiger partial charge in [0, 0.05) is 36.0 Å². The van der Waals surface area contributed by atoms with Crippen LogP contribution in [-0.4, -0.2) is 42.2 Å². The predicted molar refractivity (Wildman–Crippen MR) is 138 cm³/mol. The zero-order chi connectivity index (χ0) is 22.7. The molecular weight excluding hydrogens is 436 g/mol. The number of fused-ring (bicyclic) bond motifs is 2. The fraction of sp³-hybridized carbons (Fsp3) is 0.240. The standard InChI is InChI=1S/C25H28N6O.ClH/c1-16-4-8-22-21(12-16)25(26)20-7-5-19(14-23(20)28-22)30-29-18-6-9-24(32)17(13-18)15-27-10-11-31(2)3;/h4-9,12-14,27,32H,10-11,15H2,1-3H3,(H2,26,28);1H. The zero-order valence-corrected chi connectivity index (χ0v) is 19.9. The predicted octanol–water partition coefficient (Wildman–Crippen LogP) is 5.47. The Balaban J connectivity index is 0.00000306. The highest BCUT2D eigenvalue weighted by atomic mass is 35.5. The number of phenolic OH excluding ortho intramolecular Hbond substituents is 1. The van der Waals surface area contributed by atoms with Gasteiger partial charge in [0.05, 0.1) is 28.1 Å². The van der Waals surface area contributed by atoms with Gasteiger partial charge in [-0.15, -0.1) is 12.4 Å². The Morgan fingerprint density at radius 2 is 1.67 bits per heavy atom. The van der Waals surface area contributed by atoms with Crippen LogP contribution in [0.5, 0.6) is 5.75 Å². The summed E-state index contributed by atoms with van der Waals surface area (Å²) in [5, 5.41) is 24.1. The number of phenols is 1. The zero-order valence-electron chi connectivity index (χ0n) is 19.0. The van der Waals surface area contributed by atoms with E-state index in [0.717, 1.165) is 51.7 Å². The van der Waals surface area contributed by atoms with Crippen LogP contribution < -0.4 is 11.1 Å². The minimum absolute atomic E-state index is 0. The molecule has 172 valence electrons.